The summed E-state index contributed by atoms with van der Waals surface area (Å²) in [6, 6.07) is 6.84. The van der Waals surface area contributed by atoms with Gasteiger partial charge in [-0.25, -0.2) is 8.42 Å². The van der Waals surface area contributed by atoms with Crippen LogP contribution < -0.4 is 4.90 Å². The number of hydrogen-bond donors (Lipinski definition) is 0. The molecule has 3 nitrogen and oxygen atoms in total. The first-order valence-corrected chi connectivity index (χ1v) is 5.67. The van der Waals surface area contributed by atoms with Crippen LogP contribution in [0.15, 0.2) is 41.1 Å². The third kappa shape index (κ3) is 1.96. The number of anilines is 1. The van der Waals surface area contributed by atoms with Gasteiger partial charge in [0.1, 0.15) is 0 Å². The van der Waals surface area contributed by atoms with Crippen molar-refractivity contribution in [3.63, 3.8) is 0 Å². The lowest BCUT2D eigenvalue weighted by atomic mass is 10.3. The van der Waals surface area contributed by atoms with E-state index in [1.54, 1.807) is 43.3 Å². The van der Waals surface area contributed by atoms with Crippen molar-refractivity contribution in [2.75, 3.05) is 19.0 Å². The molecule has 76 valence electrons. The van der Waals surface area contributed by atoms with E-state index in [4.69, 9.17) is 0 Å². The highest BCUT2D eigenvalue weighted by atomic mass is 32.2. The van der Waals surface area contributed by atoms with Gasteiger partial charge >= 0.3 is 0 Å². The van der Waals surface area contributed by atoms with Crippen molar-refractivity contribution in [3.8, 4) is 0 Å². The Bertz CT molecular complexity index is 435. The summed E-state index contributed by atoms with van der Waals surface area (Å²) in [5, 5.41) is 0.968. The van der Waals surface area contributed by atoms with E-state index < -0.39 is 9.84 Å². The van der Waals surface area contributed by atoms with E-state index in [2.05, 4.69) is 6.58 Å². The second-order valence-corrected chi connectivity index (χ2v) is 4.94. The van der Waals surface area contributed by atoms with Gasteiger partial charge in [0.05, 0.1) is 10.6 Å². The van der Waals surface area contributed by atoms with Crippen LogP contribution in [0.25, 0.3) is 0 Å². The Labute approximate surface area is 84.6 Å². The molecule has 0 aromatic heterocycles. The van der Waals surface area contributed by atoms with Gasteiger partial charge in [-0.2, -0.15) is 0 Å². The number of sulfone groups is 1. The number of nitrogens with zero attached hydrogens (tertiary/aromatic N) is 1. The lowest BCUT2D eigenvalue weighted by Crippen LogP contribution is -2.12. The topological polar surface area (TPSA) is 37.4 Å². The molecule has 0 aliphatic carbocycles. The maximum atomic E-state index is 11.6. The van der Waals surface area contributed by atoms with Crippen LogP contribution in [-0.2, 0) is 9.84 Å². The largest absolute Gasteiger partial charge is 0.377 e. The van der Waals surface area contributed by atoms with E-state index in [1.165, 1.54) is 0 Å². The van der Waals surface area contributed by atoms with Crippen LogP contribution in [0.5, 0.6) is 0 Å². The number of rotatable bonds is 3. The van der Waals surface area contributed by atoms with Crippen LogP contribution in [0, 0.1) is 0 Å². The molecule has 0 saturated heterocycles. The molecule has 0 atom stereocenters. The molecule has 14 heavy (non-hydrogen) atoms. The average molecular weight is 211 g/mol. The Morgan fingerprint density at radius 2 is 1.86 bits per heavy atom. The molecule has 0 aliphatic rings. The Morgan fingerprint density at radius 3 is 2.36 bits per heavy atom. The molecule has 0 N–H and O–H groups in total. The molecule has 4 heteroatoms. The lowest BCUT2D eigenvalue weighted by molar-refractivity contribution is 0.604. The van der Waals surface area contributed by atoms with Crippen molar-refractivity contribution in [2.24, 2.45) is 0 Å². The minimum absolute atomic E-state index is 0.292. The highest BCUT2D eigenvalue weighted by molar-refractivity contribution is 7.94. The first kappa shape index (κ1) is 10.8. The fourth-order valence-electron chi connectivity index (χ4n) is 1.16. The Balaban J connectivity index is 3.42. The van der Waals surface area contributed by atoms with Gasteiger partial charge in [-0.05, 0) is 12.1 Å². The quantitative estimate of drug-likeness (QED) is 0.763. The maximum Gasteiger partial charge on any atom is 0.201 e. The molecule has 0 spiro atoms. The van der Waals surface area contributed by atoms with Crippen LogP contribution in [0.1, 0.15) is 0 Å². The third-order valence-electron chi connectivity index (χ3n) is 1.87. The third-order valence-corrected chi connectivity index (χ3v) is 3.27. The summed E-state index contributed by atoms with van der Waals surface area (Å²) in [5.41, 5.74) is 0.674. The molecule has 0 fully saturated rings. The second-order valence-electron chi connectivity index (χ2n) is 3.07. The van der Waals surface area contributed by atoms with E-state index in [9.17, 15) is 8.42 Å². The molecule has 0 saturated carbocycles. The summed E-state index contributed by atoms with van der Waals surface area (Å²) in [5.74, 6) is 0. The van der Waals surface area contributed by atoms with Crippen LogP contribution in [-0.4, -0.2) is 22.5 Å². The van der Waals surface area contributed by atoms with E-state index in [1.807, 2.05) is 0 Å². The van der Waals surface area contributed by atoms with Crippen molar-refractivity contribution in [1.29, 1.82) is 0 Å². The Hall–Kier alpha value is -1.29. The molecule has 0 aliphatic heterocycles. The first-order chi connectivity index (χ1) is 6.49. The average Bonchev–Trinajstić information content (AvgIpc) is 2.18. The molecular weight excluding hydrogens is 198 g/mol. The van der Waals surface area contributed by atoms with E-state index >= 15 is 0 Å². The fourth-order valence-corrected chi connectivity index (χ4v) is 2.15. The van der Waals surface area contributed by atoms with Crippen molar-refractivity contribution in [3.05, 3.63) is 36.3 Å². The van der Waals surface area contributed by atoms with Crippen LogP contribution in [0.3, 0.4) is 0 Å². The summed E-state index contributed by atoms with van der Waals surface area (Å²) < 4.78 is 23.2. The van der Waals surface area contributed by atoms with Gasteiger partial charge in [0.15, 0.2) is 0 Å². The molecule has 0 amide bonds. The van der Waals surface area contributed by atoms with E-state index in [0.717, 1.165) is 5.41 Å². The van der Waals surface area contributed by atoms with Gasteiger partial charge in [0.25, 0.3) is 0 Å². The summed E-state index contributed by atoms with van der Waals surface area (Å²) in [6.45, 7) is 3.30. The van der Waals surface area contributed by atoms with Gasteiger partial charge in [-0.15, -0.1) is 0 Å². The monoisotopic (exact) mass is 211 g/mol. The lowest BCUT2D eigenvalue weighted by Gasteiger charge is -2.15. The number of benzene rings is 1. The zero-order valence-electron chi connectivity index (χ0n) is 8.27. The molecule has 1 aromatic rings. The zero-order valence-corrected chi connectivity index (χ0v) is 9.08. The minimum Gasteiger partial charge on any atom is -0.377 e. The van der Waals surface area contributed by atoms with E-state index in [0.29, 0.717) is 10.6 Å². The van der Waals surface area contributed by atoms with Crippen molar-refractivity contribution < 1.29 is 8.42 Å². The molecular formula is C10H13NO2S. The second kappa shape index (κ2) is 3.84. The summed E-state index contributed by atoms with van der Waals surface area (Å²) in [4.78, 5) is 2.05. The summed E-state index contributed by atoms with van der Waals surface area (Å²) >= 11 is 0. The highest BCUT2D eigenvalue weighted by Crippen LogP contribution is 2.24. The summed E-state index contributed by atoms with van der Waals surface area (Å²) in [6.07, 6.45) is 0. The van der Waals surface area contributed by atoms with Gasteiger partial charge in [0, 0.05) is 19.5 Å². The van der Waals surface area contributed by atoms with Crippen LogP contribution in [0.2, 0.25) is 0 Å². The maximum absolute atomic E-state index is 11.6. The zero-order chi connectivity index (χ0) is 10.8. The molecule has 0 heterocycles. The van der Waals surface area contributed by atoms with Gasteiger partial charge in [0.2, 0.25) is 9.84 Å². The smallest absolute Gasteiger partial charge is 0.201 e. The predicted octanol–water partition coefficient (Wildman–Crippen LogP) is 1.67. The standard InChI is InChI=1S/C10H13NO2S/c1-4-14(12,13)10-8-6-5-7-9(10)11(2)3/h4-8H,1H2,2-3H3. The van der Waals surface area contributed by atoms with Gasteiger partial charge in [-0.1, -0.05) is 18.7 Å². The van der Waals surface area contributed by atoms with E-state index in [-0.39, 0.29) is 0 Å². The molecule has 1 aromatic carbocycles. The van der Waals surface area contributed by atoms with Gasteiger partial charge < -0.3 is 4.90 Å². The van der Waals surface area contributed by atoms with Crippen molar-refractivity contribution in [1.82, 2.24) is 0 Å². The molecule has 0 radical (unpaired) electrons. The minimum atomic E-state index is -3.35. The fraction of sp³-hybridized carbons (Fsp3) is 0.200. The summed E-state index contributed by atoms with van der Waals surface area (Å²) in [7, 11) is 0.254. The highest BCUT2D eigenvalue weighted by Gasteiger charge is 2.14. The van der Waals surface area contributed by atoms with Crippen molar-refractivity contribution in [2.45, 2.75) is 4.90 Å². The van der Waals surface area contributed by atoms with Crippen LogP contribution >= 0.6 is 0 Å². The Kier molecular flexibility index (Phi) is 2.96. The van der Waals surface area contributed by atoms with Crippen LogP contribution in [0.4, 0.5) is 5.69 Å². The predicted molar refractivity (Wildman–Crippen MR) is 58.2 cm³/mol. The van der Waals surface area contributed by atoms with Crippen molar-refractivity contribution >= 4 is 15.5 Å². The SMILES string of the molecule is C=CS(=O)(=O)c1ccccc1N(C)C. The van der Waals surface area contributed by atoms with Gasteiger partial charge in [-0.3, -0.25) is 0 Å². The molecule has 0 unspecified atom stereocenters. The molecule has 0 bridgehead atoms. The Morgan fingerprint density at radius 1 is 1.29 bits per heavy atom. The number of hydrogen-bond acceptors (Lipinski definition) is 3. The molecule has 1 rings (SSSR count). The number of para-hydroxylation sites is 1. The first-order valence-electron chi connectivity index (χ1n) is 4.13. The normalized spacial score (nSPS) is 11.0.